The van der Waals surface area contributed by atoms with Gasteiger partial charge in [0.2, 0.25) is 0 Å². The minimum absolute atomic E-state index is 0.0625. The molecule has 1 heterocycles. The van der Waals surface area contributed by atoms with Crippen molar-refractivity contribution >= 4 is 23.4 Å². The summed E-state index contributed by atoms with van der Waals surface area (Å²) in [6, 6.07) is 0. The molecule has 1 unspecified atom stereocenters. The molecule has 0 bridgehead atoms. The predicted molar refractivity (Wildman–Crippen MR) is 34.8 cm³/mol. The summed E-state index contributed by atoms with van der Waals surface area (Å²) in [6.07, 6.45) is -1.15. The van der Waals surface area contributed by atoms with Crippen LogP contribution in [0.1, 0.15) is 0 Å². The Bertz CT molecular complexity index is 227. The fourth-order valence-corrected chi connectivity index (χ4v) is 0.573. The van der Waals surface area contributed by atoms with Crippen molar-refractivity contribution in [1.29, 1.82) is 0 Å². The van der Waals surface area contributed by atoms with E-state index in [9.17, 15) is 4.79 Å². The minimum atomic E-state index is -1.15. The number of rotatable bonds is 0. The number of hydrogen-bond acceptors (Lipinski definition) is 4. The first-order chi connectivity index (χ1) is 4.57. The van der Waals surface area contributed by atoms with Gasteiger partial charge in [0.15, 0.2) is 0 Å². The maximum Gasteiger partial charge on any atom is 0.549 e. The standard InChI is InChI=1S/C3H4N4O2S/c1-7(3(8)9)2(10)4-5-6-7/h1H3,(H-,4,6,8,9,10)/p+1. The van der Waals surface area contributed by atoms with Gasteiger partial charge in [0.05, 0.1) is 5.22 Å². The molecule has 0 aromatic rings. The Labute approximate surface area is 61.7 Å². The van der Waals surface area contributed by atoms with Gasteiger partial charge in [-0.3, -0.25) is 0 Å². The monoisotopic (exact) mass is 161 g/mol. The summed E-state index contributed by atoms with van der Waals surface area (Å²) in [7, 11) is 1.33. The van der Waals surface area contributed by atoms with Crippen LogP contribution in [0.5, 0.6) is 0 Å². The molecule has 0 radical (unpaired) electrons. The third kappa shape index (κ3) is 0.755. The van der Waals surface area contributed by atoms with Gasteiger partial charge < -0.3 is 5.11 Å². The van der Waals surface area contributed by atoms with Crippen molar-refractivity contribution in [2.24, 2.45) is 10.4 Å². The van der Waals surface area contributed by atoms with E-state index in [-0.39, 0.29) is 5.11 Å². The quantitative estimate of drug-likeness (QED) is 0.395. The zero-order chi connectivity index (χ0) is 7.78. The van der Waals surface area contributed by atoms with Crippen molar-refractivity contribution in [2.45, 2.75) is 0 Å². The molecule has 0 aromatic carbocycles. The van der Waals surface area contributed by atoms with Crippen LogP contribution in [-0.4, -0.2) is 28.0 Å². The molecule has 1 atom stereocenters. The highest BCUT2D eigenvalue weighted by Crippen LogP contribution is 2.10. The van der Waals surface area contributed by atoms with Crippen molar-refractivity contribution in [3.63, 3.8) is 0 Å². The Morgan fingerprint density at radius 2 is 2.50 bits per heavy atom. The number of quaternary nitrogens is 1. The van der Waals surface area contributed by atoms with Crippen molar-refractivity contribution < 1.29 is 14.5 Å². The van der Waals surface area contributed by atoms with Gasteiger partial charge in [-0.25, -0.2) is 0 Å². The third-order valence-corrected chi connectivity index (χ3v) is 1.58. The van der Waals surface area contributed by atoms with E-state index in [0.717, 1.165) is 0 Å². The van der Waals surface area contributed by atoms with Gasteiger partial charge in [-0.05, 0) is 9.82 Å². The number of hydrogen-bond donors (Lipinski definition) is 2. The fourth-order valence-electron chi connectivity index (χ4n) is 0.418. The molecule has 0 aliphatic carbocycles. The van der Waals surface area contributed by atoms with E-state index in [2.05, 4.69) is 28.1 Å². The zero-order valence-corrected chi connectivity index (χ0v) is 5.92. The van der Waals surface area contributed by atoms with Crippen LogP contribution < -0.4 is 5.43 Å². The molecule has 10 heavy (non-hydrogen) atoms. The van der Waals surface area contributed by atoms with Crippen molar-refractivity contribution in [3.05, 3.63) is 0 Å². The molecule has 1 rings (SSSR count). The van der Waals surface area contributed by atoms with Crippen LogP contribution in [0.3, 0.4) is 0 Å². The van der Waals surface area contributed by atoms with Gasteiger partial charge >= 0.3 is 11.2 Å². The molecule has 1 aliphatic heterocycles. The van der Waals surface area contributed by atoms with Crippen LogP contribution in [0, 0.1) is 0 Å². The van der Waals surface area contributed by atoms with Gasteiger partial charge in [-0.15, -0.1) is 0 Å². The van der Waals surface area contributed by atoms with Crippen molar-refractivity contribution in [1.82, 2.24) is 5.43 Å². The van der Waals surface area contributed by atoms with Gasteiger partial charge in [0.1, 0.15) is 7.05 Å². The molecular weight excluding hydrogens is 156 g/mol. The SMILES string of the molecule is C[N+]1(C(=O)O)N=NNC1=S. The average Bonchev–Trinajstić information content (AvgIpc) is 2.15. The summed E-state index contributed by atoms with van der Waals surface area (Å²) in [6.45, 7) is 0. The molecule has 1 aliphatic rings. The molecular formula is C3H5N4O2S+. The molecule has 0 aromatic heterocycles. The van der Waals surface area contributed by atoms with E-state index in [1.54, 1.807) is 0 Å². The molecule has 6 nitrogen and oxygen atoms in total. The summed E-state index contributed by atoms with van der Waals surface area (Å²) in [5.41, 5.74) is 2.27. The van der Waals surface area contributed by atoms with E-state index in [1.165, 1.54) is 7.05 Å². The maximum absolute atomic E-state index is 10.4. The van der Waals surface area contributed by atoms with E-state index in [1.807, 2.05) is 0 Å². The molecule has 54 valence electrons. The van der Waals surface area contributed by atoms with E-state index in [4.69, 9.17) is 5.11 Å². The summed E-state index contributed by atoms with van der Waals surface area (Å²) in [5, 5.41) is 15.2. The second-order valence-electron chi connectivity index (χ2n) is 1.85. The summed E-state index contributed by atoms with van der Waals surface area (Å²) < 4.78 is -0.713. The highest BCUT2D eigenvalue weighted by atomic mass is 32.1. The first kappa shape index (κ1) is 7.03. The zero-order valence-electron chi connectivity index (χ0n) is 5.11. The topological polar surface area (TPSA) is 74.0 Å². The van der Waals surface area contributed by atoms with Crippen LogP contribution in [0.4, 0.5) is 4.79 Å². The Kier molecular flexibility index (Phi) is 1.38. The molecule has 0 saturated heterocycles. The largest absolute Gasteiger partial charge is 0.549 e. The summed E-state index contributed by atoms with van der Waals surface area (Å²) in [5.74, 6) is 0. The van der Waals surface area contributed by atoms with Crippen LogP contribution in [0.2, 0.25) is 0 Å². The van der Waals surface area contributed by atoms with E-state index < -0.39 is 10.7 Å². The van der Waals surface area contributed by atoms with Gasteiger partial charge in [0, 0.05) is 12.2 Å². The van der Waals surface area contributed by atoms with E-state index >= 15 is 0 Å². The number of carbonyl (C=O) groups is 1. The van der Waals surface area contributed by atoms with Crippen LogP contribution >= 0.6 is 12.2 Å². The van der Waals surface area contributed by atoms with Crippen molar-refractivity contribution in [3.8, 4) is 0 Å². The second-order valence-corrected chi connectivity index (χ2v) is 2.23. The Balaban J connectivity index is 2.96. The van der Waals surface area contributed by atoms with Crippen LogP contribution in [0.15, 0.2) is 10.4 Å². The summed E-state index contributed by atoms with van der Waals surface area (Å²) >= 11 is 4.62. The first-order valence-electron chi connectivity index (χ1n) is 2.40. The minimum Gasteiger partial charge on any atom is -0.433 e. The number of nitrogens with zero attached hydrogens (tertiary/aromatic N) is 3. The normalized spacial score (nSPS) is 30.3. The van der Waals surface area contributed by atoms with Gasteiger partial charge in [-0.1, -0.05) is 0 Å². The summed E-state index contributed by atoms with van der Waals surface area (Å²) in [4.78, 5) is 10.4. The Hall–Kier alpha value is -1.08. The lowest BCUT2D eigenvalue weighted by Gasteiger charge is -2.10. The van der Waals surface area contributed by atoms with E-state index in [0.29, 0.717) is 0 Å². The van der Waals surface area contributed by atoms with Crippen molar-refractivity contribution in [2.75, 3.05) is 7.05 Å². The molecule has 0 fully saturated rings. The number of thiocarbonyl (C=S) groups is 1. The van der Waals surface area contributed by atoms with Crippen LogP contribution in [0.25, 0.3) is 0 Å². The molecule has 0 saturated carbocycles. The highest BCUT2D eigenvalue weighted by Gasteiger charge is 2.43. The Morgan fingerprint density at radius 3 is 2.70 bits per heavy atom. The van der Waals surface area contributed by atoms with Crippen LogP contribution in [-0.2, 0) is 0 Å². The number of amides is 1. The first-order valence-corrected chi connectivity index (χ1v) is 2.81. The molecule has 1 amide bonds. The Morgan fingerprint density at radius 1 is 1.90 bits per heavy atom. The van der Waals surface area contributed by atoms with Gasteiger partial charge in [-0.2, -0.15) is 10.2 Å². The molecule has 2 N–H and O–H groups in total. The highest BCUT2D eigenvalue weighted by molar-refractivity contribution is 7.80. The fraction of sp³-hybridized carbons (Fsp3) is 0.333. The lowest BCUT2D eigenvalue weighted by atomic mass is 10.8. The van der Waals surface area contributed by atoms with Gasteiger partial charge in [0.25, 0.3) is 0 Å². The molecule has 0 spiro atoms. The predicted octanol–water partition coefficient (Wildman–Crippen LogP) is 0.281. The smallest absolute Gasteiger partial charge is 0.433 e. The third-order valence-electron chi connectivity index (χ3n) is 1.14. The number of carboxylic acid groups (broad SMARTS) is 1. The average molecular weight is 161 g/mol. The maximum atomic E-state index is 10.4. The lowest BCUT2D eigenvalue weighted by molar-refractivity contribution is -0.749. The number of nitrogens with one attached hydrogen (secondary N) is 1. The second kappa shape index (κ2) is 1.96. The molecule has 7 heteroatoms. The lowest BCUT2D eigenvalue weighted by Crippen LogP contribution is -2.48.